The van der Waals surface area contributed by atoms with Crippen LogP contribution in [0.2, 0.25) is 0 Å². The van der Waals surface area contributed by atoms with E-state index in [4.69, 9.17) is 9.47 Å². The van der Waals surface area contributed by atoms with E-state index in [-0.39, 0.29) is 6.03 Å². The first-order valence-electron chi connectivity index (χ1n) is 8.33. The Bertz CT molecular complexity index is 482. The summed E-state index contributed by atoms with van der Waals surface area (Å²) in [5.41, 5.74) is 1.26. The van der Waals surface area contributed by atoms with Gasteiger partial charge in [0, 0.05) is 26.7 Å². The van der Waals surface area contributed by atoms with Gasteiger partial charge in [-0.15, -0.1) is 0 Å². The van der Waals surface area contributed by atoms with Gasteiger partial charge in [0.15, 0.2) is 0 Å². The summed E-state index contributed by atoms with van der Waals surface area (Å²) in [6.07, 6.45) is 3.07. The van der Waals surface area contributed by atoms with Crippen LogP contribution in [-0.2, 0) is 4.74 Å². The number of methoxy groups -OCH3 is 2. The second kappa shape index (κ2) is 8.77. The summed E-state index contributed by atoms with van der Waals surface area (Å²) in [5, 5.41) is 3.03. The molecule has 1 aliphatic rings. The highest BCUT2D eigenvalue weighted by atomic mass is 16.5. The number of hydrogen-bond donors (Lipinski definition) is 1. The lowest BCUT2D eigenvalue weighted by Crippen LogP contribution is -2.46. The van der Waals surface area contributed by atoms with Crippen molar-refractivity contribution in [3.8, 4) is 5.75 Å². The van der Waals surface area contributed by atoms with Crippen LogP contribution in [-0.4, -0.2) is 50.9 Å². The fraction of sp³-hybridized carbons (Fsp3) is 0.611. The Morgan fingerprint density at radius 3 is 2.48 bits per heavy atom. The fourth-order valence-electron chi connectivity index (χ4n) is 2.90. The number of carbonyl (C=O) groups is 1. The van der Waals surface area contributed by atoms with Crippen LogP contribution in [0.4, 0.5) is 4.79 Å². The molecule has 1 aliphatic heterocycles. The maximum absolute atomic E-state index is 12.2. The minimum Gasteiger partial charge on any atom is -0.497 e. The lowest BCUT2D eigenvalue weighted by atomic mass is 9.98. The third-order valence-electron chi connectivity index (χ3n) is 4.60. The summed E-state index contributed by atoms with van der Waals surface area (Å²) in [6.45, 7) is 4.42. The molecule has 1 fully saturated rings. The van der Waals surface area contributed by atoms with Crippen LogP contribution >= 0.6 is 0 Å². The van der Waals surface area contributed by atoms with Crippen LogP contribution in [0.3, 0.4) is 0 Å². The minimum atomic E-state index is 0.0430. The van der Waals surface area contributed by atoms with Crippen molar-refractivity contribution in [2.75, 3.05) is 33.9 Å². The largest absolute Gasteiger partial charge is 0.497 e. The summed E-state index contributed by atoms with van der Waals surface area (Å²) in [6, 6.07) is 8.16. The zero-order valence-electron chi connectivity index (χ0n) is 14.4. The van der Waals surface area contributed by atoms with E-state index >= 15 is 0 Å². The summed E-state index contributed by atoms with van der Waals surface area (Å²) >= 11 is 0. The van der Waals surface area contributed by atoms with E-state index in [2.05, 4.69) is 24.4 Å². The molecule has 1 unspecified atom stereocenters. The fourth-order valence-corrected chi connectivity index (χ4v) is 2.90. The molecule has 0 radical (unpaired) electrons. The third-order valence-corrected chi connectivity index (χ3v) is 4.60. The summed E-state index contributed by atoms with van der Waals surface area (Å²) in [7, 11) is 3.41. The van der Waals surface area contributed by atoms with Gasteiger partial charge in [-0.1, -0.05) is 19.1 Å². The molecule has 0 aliphatic carbocycles. The monoisotopic (exact) mass is 320 g/mol. The second-order valence-electron chi connectivity index (χ2n) is 6.12. The lowest BCUT2D eigenvalue weighted by Gasteiger charge is -2.31. The van der Waals surface area contributed by atoms with Crippen molar-refractivity contribution in [1.29, 1.82) is 0 Å². The molecule has 5 heteroatoms. The average molecular weight is 320 g/mol. The van der Waals surface area contributed by atoms with E-state index in [0.717, 1.165) is 38.1 Å². The number of benzene rings is 1. The number of nitrogens with one attached hydrogen (secondary N) is 1. The SMILES string of the molecule is COc1ccc(C(C)CCNC(=O)N2CCC(OC)CC2)cc1. The Hall–Kier alpha value is -1.75. The van der Waals surface area contributed by atoms with Crippen LogP contribution in [0.1, 0.15) is 37.7 Å². The number of rotatable bonds is 6. The van der Waals surface area contributed by atoms with Crippen molar-refractivity contribution >= 4 is 6.03 Å². The molecule has 1 atom stereocenters. The smallest absolute Gasteiger partial charge is 0.317 e. The average Bonchev–Trinajstić information content (AvgIpc) is 2.61. The first-order chi connectivity index (χ1) is 11.1. The van der Waals surface area contributed by atoms with Crippen molar-refractivity contribution in [2.24, 2.45) is 0 Å². The predicted molar refractivity (Wildman–Crippen MR) is 91.0 cm³/mol. The van der Waals surface area contributed by atoms with Crippen LogP contribution in [0.25, 0.3) is 0 Å². The maximum Gasteiger partial charge on any atom is 0.317 e. The molecule has 23 heavy (non-hydrogen) atoms. The molecule has 2 amide bonds. The third kappa shape index (κ3) is 5.13. The number of ether oxygens (including phenoxy) is 2. The normalized spacial score (nSPS) is 16.9. The molecular weight excluding hydrogens is 292 g/mol. The van der Waals surface area contributed by atoms with Crippen molar-refractivity contribution in [1.82, 2.24) is 10.2 Å². The molecule has 0 saturated carbocycles. The van der Waals surface area contributed by atoms with Crippen LogP contribution in [0, 0.1) is 0 Å². The second-order valence-corrected chi connectivity index (χ2v) is 6.12. The van der Waals surface area contributed by atoms with Gasteiger partial charge in [-0.3, -0.25) is 0 Å². The topological polar surface area (TPSA) is 50.8 Å². The van der Waals surface area contributed by atoms with E-state index < -0.39 is 0 Å². The highest BCUT2D eigenvalue weighted by molar-refractivity contribution is 5.74. The van der Waals surface area contributed by atoms with Gasteiger partial charge >= 0.3 is 6.03 Å². The Morgan fingerprint density at radius 1 is 1.26 bits per heavy atom. The van der Waals surface area contributed by atoms with Crippen LogP contribution in [0.5, 0.6) is 5.75 Å². The van der Waals surface area contributed by atoms with Gasteiger partial charge in [0.05, 0.1) is 13.2 Å². The number of likely N-dealkylation sites (tertiary alicyclic amines) is 1. The molecule has 1 saturated heterocycles. The summed E-state index contributed by atoms with van der Waals surface area (Å²) in [5.74, 6) is 1.27. The number of amides is 2. The van der Waals surface area contributed by atoms with Crippen LogP contribution in [0.15, 0.2) is 24.3 Å². The molecule has 1 aromatic carbocycles. The minimum absolute atomic E-state index is 0.0430. The maximum atomic E-state index is 12.2. The molecular formula is C18H28N2O3. The van der Waals surface area contributed by atoms with E-state index in [9.17, 15) is 4.79 Å². The van der Waals surface area contributed by atoms with Gasteiger partial charge in [0.1, 0.15) is 5.75 Å². The standard InChI is InChI=1S/C18H28N2O3/c1-14(15-4-6-16(22-2)7-5-15)8-11-19-18(21)20-12-9-17(23-3)10-13-20/h4-7,14,17H,8-13H2,1-3H3,(H,19,21). The zero-order valence-corrected chi connectivity index (χ0v) is 14.4. The quantitative estimate of drug-likeness (QED) is 0.876. The number of nitrogens with zero attached hydrogens (tertiary/aromatic N) is 1. The van der Waals surface area contributed by atoms with Gasteiger partial charge in [-0.25, -0.2) is 4.79 Å². The molecule has 1 aromatic rings. The van der Waals surface area contributed by atoms with Crippen molar-refractivity contribution < 1.29 is 14.3 Å². The first-order valence-corrected chi connectivity index (χ1v) is 8.33. The van der Waals surface area contributed by atoms with Crippen molar-refractivity contribution in [2.45, 2.75) is 38.2 Å². The Labute approximate surface area is 139 Å². The number of urea groups is 1. The Balaban J connectivity index is 1.70. The van der Waals surface area contributed by atoms with Crippen molar-refractivity contribution in [3.05, 3.63) is 29.8 Å². The van der Waals surface area contributed by atoms with Gasteiger partial charge in [0.2, 0.25) is 0 Å². The number of carbonyl (C=O) groups excluding carboxylic acids is 1. The lowest BCUT2D eigenvalue weighted by molar-refractivity contribution is 0.0503. The summed E-state index contributed by atoms with van der Waals surface area (Å²) < 4.78 is 10.5. The van der Waals surface area contributed by atoms with Gasteiger partial charge < -0.3 is 19.7 Å². The Morgan fingerprint density at radius 2 is 1.91 bits per heavy atom. The molecule has 1 N–H and O–H groups in total. The molecule has 5 nitrogen and oxygen atoms in total. The molecule has 1 heterocycles. The zero-order chi connectivity index (χ0) is 16.7. The molecule has 128 valence electrons. The van der Waals surface area contributed by atoms with Crippen LogP contribution < -0.4 is 10.1 Å². The highest BCUT2D eigenvalue weighted by Crippen LogP contribution is 2.21. The Kier molecular flexibility index (Phi) is 6.71. The predicted octanol–water partition coefficient (Wildman–Crippen LogP) is 3.01. The molecule has 0 bridgehead atoms. The van der Waals surface area contributed by atoms with E-state index in [1.807, 2.05) is 17.0 Å². The van der Waals surface area contributed by atoms with Crippen molar-refractivity contribution in [3.63, 3.8) is 0 Å². The highest BCUT2D eigenvalue weighted by Gasteiger charge is 2.22. The van der Waals surface area contributed by atoms with E-state index in [0.29, 0.717) is 18.6 Å². The van der Waals surface area contributed by atoms with E-state index in [1.165, 1.54) is 5.56 Å². The van der Waals surface area contributed by atoms with Gasteiger partial charge in [0.25, 0.3) is 0 Å². The van der Waals surface area contributed by atoms with Gasteiger partial charge in [-0.2, -0.15) is 0 Å². The van der Waals surface area contributed by atoms with Gasteiger partial charge in [-0.05, 0) is 42.9 Å². The number of hydrogen-bond acceptors (Lipinski definition) is 3. The first kappa shape index (κ1) is 17.6. The summed E-state index contributed by atoms with van der Waals surface area (Å²) in [4.78, 5) is 14.0. The number of piperidine rings is 1. The molecule has 2 rings (SSSR count). The molecule has 0 aromatic heterocycles. The van der Waals surface area contributed by atoms with E-state index in [1.54, 1.807) is 14.2 Å². The molecule has 0 spiro atoms.